The number of nitrogens with zero attached hydrogens (tertiary/aromatic N) is 1. The minimum atomic E-state index is 0.0302. The lowest BCUT2D eigenvalue weighted by molar-refractivity contribution is -0.137. The van der Waals surface area contributed by atoms with Crippen molar-refractivity contribution in [2.75, 3.05) is 20.3 Å². The SMILES string of the molecule is CCCN(C(=O)COC)C(C)c1ccccc1Br. The van der Waals surface area contributed by atoms with E-state index in [1.807, 2.05) is 36.1 Å². The Hall–Kier alpha value is -0.870. The maximum Gasteiger partial charge on any atom is 0.249 e. The smallest absolute Gasteiger partial charge is 0.249 e. The van der Waals surface area contributed by atoms with E-state index in [1.54, 1.807) is 7.11 Å². The molecule has 0 spiro atoms. The van der Waals surface area contributed by atoms with Gasteiger partial charge in [0.1, 0.15) is 6.61 Å². The van der Waals surface area contributed by atoms with Crippen LogP contribution in [0.4, 0.5) is 0 Å². The van der Waals surface area contributed by atoms with Crippen LogP contribution in [0.25, 0.3) is 0 Å². The van der Waals surface area contributed by atoms with Crippen LogP contribution in [0.1, 0.15) is 31.9 Å². The van der Waals surface area contributed by atoms with Crippen molar-refractivity contribution in [3.8, 4) is 0 Å². The Labute approximate surface area is 117 Å². The molecule has 0 fully saturated rings. The molecule has 3 nitrogen and oxygen atoms in total. The highest BCUT2D eigenvalue weighted by Crippen LogP contribution is 2.27. The van der Waals surface area contributed by atoms with Crippen molar-refractivity contribution in [2.45, 2.75) is 26.3 Å². The van der Waals surface area contributed by atoms with Gasteiger partial charge in [0.2, 0.25) is 5.91 Å². The van der Waals surface area contributed by atoms with Gasteiger partial charge < -0.3 is 9.64 Å². The third kappa shape index (κ3) is 3.82. The van der Waals surface area contributed by atoms with Crippen LogP contribution in [-0.4, -0.2) is 31.1 Å². The standard InChI is InChI=1S/C14H20BrNO2/c1-4-9-16(14(17)10-18-3)11(2)12-7-5-6-8-13(12)15/h5-8,11H,4,9-10H2,1-3H3. The Morgan fingerprint density at radius 2 is 2.11 bits per heavy atom. The van der Waals surface area contributed by atoms with Crippen molar-refractivity contribution < 1.29 is 9.53 Å². The van der Waals surface area contributed by atoms with E-state index in [0.29, 0.717) is 0 Å². The zero-order valence-electron chi connectivity index (χ0n) is 11.1. The predicted molar refractivity (Wildman–Crippen MR) is 76.4 cm³/mol. The van der Waals surface area contributed by atoms with Gasteiger partial charge in [-0.2, -0.15) is 0 Å². The first kappa shape index (κ1) is 15.2. The number of halogens is 1. The molecule has 0 aliphatic rings. The van der Waals surface area contributed by atoms with E-state index in [0.717, 1.165) is 23.0 Å². The van der Waals surface area contributed by atoms with Gasteiger partial charge in [-0.05, 0) is 25.0 Å². The Morgan fingerprint density at radius 1 is 1.44 bits per heavy atom. The lowest BCUT2D eigenvalue weighted by atomic mass is 10.1. The van der Waals surface area contributed by atoms with Crippen LogP contribution in [-0.2, 0) is 9.53 Å². The first-order valence-electron chi connectivity index (χ1n) is 6.14. The summed E-state index contributed by atoms with van der Waals surface area (Å²) >= 11 is 3.54. The van der Waals surface area contributed by atoms with E-state index in [-0.39, 0.29) is 18.6 Å². The minimum absolute atomic E-state index is 0.0302. The fraction of sp³-hybridized carbons (Fsp3) is 0.500. The van der Waals surface area contributed by atoms with Gasteiger partial charge in [0, 0.05) is 18.1 Å². The molecule has 1 aromatic rings. The second-order valence-corrected chi connectivity index (χ2v) is 5.07. The third-order valence-corrected chi connectivity index (χ3v) is 3.60. The number of carbonyl (C=O) groups excluding carboxylic acids is 1. The summed E-state index contributed by atoms with van der Waals surface area (Å²) in [7, 11) is 1.55. The summed E-state index contributed by atoms with van der Waals surface area (Å²) in [5.41, 5.74) is 1.12. The van der Waals surface area contributed by atoms with Gasteiger partial charge in [0.15, 0.2) is 0 Å². The molecule has 0 bridgehead atoms. The lowest BCUT2D eigenvalue weighted by Gasteiger charge is -2.29. The van der Waals surface area contributed by atoms with E-state index in [1.165, 1.54) is 0 Å². The number of rotatable bonds is 6. The molecular formula is C14H20BrNO2. The predicted octanol–water partition coefficient (Wildman–Crippen LogP) is 3.40. The van der Waals surface area contributed by atoms with Crippen molar-refractivity contribution in [1.29, 1.82) is 0 Å². The van der Waals surface area contributed by atoms with Gasteiger partial charge in [0.25, 0.3) is 0 Å². The third-order valence-electron chi connectivity index (χ3n) is 2.88. The summed E-state index contributed by atoms with van der Waals surface area (Å²) in [5.74, 6) is 0.0302. The summed E-state index contributed by atoms with van der Waals surface area (Å²) in [5, 5.41) is 0. The van der Waals surface area contributed by atoms with Crippen LogP contribution in [0.15, 0.2) is 28.7 Å². The number of hydrogen-bond acceptors (Lipinski definition) is 2. The number of ether oxygens (including phenoxy) is 1. The highest BCUT2D eigenvalue weighted by molar-refractivity contribution is 9.10. The fourth-order valence-electron chi connectivity index (χ4n) is 1.96. The molecular weight excluding hydrogens is 294 g/mol. The lowest BCUT2D eigenvalue weighted by Crippen LogP contribution is -2.36. The Bertz CT molecular complexity index is 395. The van der Waals surface area contributed by atoms with Gasteiger partial charge >= 0.3 is 0 Å². The molecule has 0 saturated carbocycles. The summed E-state index contributed by atoms with van der Waals surface area (Å²) < 4.78 is 5.98. The van der Waals surface area contributed by atoms with Gasteiger partial charge in [-0.15, -0.1) is 0 Å². The number of hydrogen-bond donors (Lipinski definition) is 0. The molecule has 1 rings (SSSR count). The molecule has 0 saturated heterocycles. The summed E-state index contributed by atoms with van der Waals surface area (Å²) in [6.45, 7) is 4.99. The second kappa shape index (κ2) is 7.54. The molecule has 4 heteroatoms. The minimum Gasteiger partial charge on any atom is -0.375 e. The Balaban J connectivity index is 2.92. The molecule has 0 aliphatic heterocycles. The largest absolute Gasteiger partial charge is 0.375 e. The zero-order valence-corrected chi connectivity index (χ0v) is 12.7. The molecule has 1 aromatic carbocycles. The first-order chi connectivity index (χ1) is 8.61. The normalized spacial score (nSPS) is 12.2. The number of methoxy groups -OCH3 is 1. The summed E-state index contributed by atoms with van der Waals surface area (Å²) in [6.07, 6.45) is 0.935. The quantitative estimate of drug-likeness (QED) is 0.805. The maximum atomic E-state index is 12.0. The Morgan fingerprint density at radius 3 is 2.67 bits per heavy atom. The molecule has 0 aliphatic carbocycles. The molecule has 18 heavy (non-hydrogen) atoms. The molecule has 0 N–H and O–H groups in total. The first-order valence-corrected chi connectivity index (χ1v) is 6.94. The van der Waals surface area contributed by atoms with Gasteiger partial charge in [0.05, 0.1) is 6.04 Å². The van der Waals surface area contributed by atoms with Crippen molar-refractivity contribution >= 4 is 21.8 Å². The average molecular weight is 314 g/mol. The van der Waals surface area contributed by atoms with E-state index < -0.39 is 0 Å². The summed E-state index contributed by atoms with van der Waals surface area (Å²) in [6, 6.07) is 8.04. The highest BCUT2D eigenvalue weighted by atomic mass is 79.9. The maximum absolute atomic E-state index is 12.0. The van der Waals surface area contributed by atoms with Crippen molar-refractivity contribution in [2.24, 2.45) is 0 Å². The van der Waals surface area contributed by atoms with E-state index >= 15 is 0 Å². The van der Waals surface area contributed by atoms with Crippen LogP contribution in [0, 0.1) is 0 Å². The van der Waals surface area contributed by atoms with Crippen LogP contribution < -0.4 is 0 Å². The number of amides is 1. The van der Waals surface area contributed by atoms with Crippen LogP contribution >= 0.6 is 15.9 Å². The molecule has 1 atom stereocenters. The summed E-state index contributed by atoms with van der Waals surface area (Å²) in [4.78, 5) is 13.9. The zero-order chi connectivity index (χ0) is 13.5. The number of carbonyl (C=O) groups is 1. The molecule has 1 amide bonds. The van der Waals surface area contributed by atoms with Gasteiger partial charge in [-0.25, -0.2) is 0 Å². The fourth-order valence-corrected chi connectivity index (χ4v) is 2.58. The van der Waals surface area contributed by atoms with Gasteiger partial charge in [-0.3, -0.25) is 4.79 Å². The number of benzene rings is 1. The molecule has 0 heterocycles. The van der Waals surface area contributed by atoms with E-state index in [9.17, 15) is 4.79 Å². The molecule has 0 radical (unpaired) electrons. The second-order valence-electron chi connectivity index (χ2n) is 4.22. The monoisotopic (exact) mass is 313 g/mol. The van der Waals surface area contributed by atoms with Crippen molar-refractivity contribution in [1.82, 2.24) is 4.90 Å². The topological polar surface area (TPSA) is 29.5 Å². The van der Waals surface area contributed by atoms with E-state index in [2.05, 4.69) is 22.9 Å². The van der Waals surface area contributed by atoms with Crippen LogP contribution in [0.3, 0.4) is 0 Å². The Kier molecular flexibility index (Phi) is 6.36. The van der Waals surface area contributed by atoms with Crippen molar-refractivity contribution in [3.63, 3.8) is 0 Å². The van der Waals surface area contributed by atoms with Crippen LogP contribution in [0.2, 0.25) is 0 Å². The van der Waals surface area contributed by atoms with E-state index in [4.69, 9.17) is 4.74 Å². The van der Waals surface area contributed by atoms with Crippen LogP contribution in [0.5, 0.6) is 0 Å². The highest BCUT2D eigenvalue weighted by Gasteiger charge is 2.21. The van der Waals surface area contributed by atoms with Crippen molar-refractivity contribution in [3.05, 3.63) is 34.3 Å². The average Bonchev–Trinajstić information content (AvgIpc) is 2.36. The molecule has 0 aromatic heterocycles. The van der Waals surface area contributed by atoms with Gasteiger partial charge in [-0.1, -0.05) is 41.1 Å². The molecule has 100 valence electrons. The molecule has 1 unspecified atom stereocenters.